The molecule has 41 heavy (non-hydrogen) atoms. The molecule has 1 saturated carbocycles. The van der Waals surface area contributed by atoms with E-state index in [0.717, 1.165) is 19.3 Å². The highest BCUT2D eigenvalue weighted by Crippen LogP contribution is 2.25. The van der Waals surface area contributed by atoms with E-state index in [9.17, 15) is 19.8 Å². The van der Waals surface area contributed by atoms with Crippen LogP contribution in [0.5, 0.6) is 0 Å². The second-order valence-corrected chi connectivity index (χ2v) is 10.2. The Kier molecular flexibility index (Phi) is 12.4. The maximum atomic E-state index is 11.3. The molecule has 0 bridgehead atoms. The van der Waals surface area contributed by atoms with Crippen molar-refractivity contribution < 1.29 is 38.7 Å². The number of nitrogens with zero attached hydrogens (tertiary/aromatic N) is 4. The first-order valence-electron chi connectivity index (χ1n) is 14.2. The van der Waals surface area contributed by atoms with Gasteiger partial charge in [-0.1, -0.05) is 12.1 Å². The minimum Gasteiger partial charge on any atom is -0.477 e. The zero-order chi connectivity index (χ0) is 28.9. The van der Waals surface area contributed by atoms with E-state index < -0.39 is 11.9 Å². The molecule has 0 aromatic carbocycles. The number of aromatic nitrogens is 2. The monoisotopic (exact) mass is 572 g/mol. The molecule has 2 fully saturated rings. The summed E-state index contributed by atoms with van der Waals surface area (Å²) >= 11 is 0. The van der Waals surface area contributed by atoms with Crippen LogP contribution in [0.15, 0.2) is 36.4 Å². The second kappa shape index (κ2) is 16.4. The number of hydrogen-bond donors (Lipinski definition) is 2. The molecule has 224 valence electrons. The van der Waals surface area contributed by atoms with Crippen LogP contribution in [0.3, 0.4) is 0 Å². The molecular weight excluding hydrogens is 532 g/mol. The lowest BCUT2D eigenvalue weighted by molar-refractivity contribution is -0.0669. The maximum absolute atomic E-state index is 11.3. The summed E-state index contributed by atoms with van der Waals surface area (Å²) in [5, 5.41) is 18.6. The maximum Gasteiger partial charge on any atom is 0.354 e. The molecule has 2 N–H and O–H groups in total. The molecule has 0 spiro atoms. The lowest BCUT2D eigenvalue weighted by Gasteiger charge is -2.27. The summed E-state index contributed by atoms with van der Waals surface area (Å²) in [7, 11) is 0. The molecule has 2 aliphatic rings. The molecule has 0 amide bonds. The zero-order valence-electron chi connectivity index (χ0n) is 23.4. The fourth-order valence-electron chi connectivity index (χ4n) is 5.02. The number of carboxylic acid groups (broad SMARTS) is 2. The van der Waals surface area contributed by atoms with E-state index in [1.807, 2.05) is 12.1 Å². The third-order valence-corrected chi connectivity index (χ3v) is 7.17. The summed E-state index contributed by atoms with van der Waals surface area (Å²) in [6, 6.07) is 10.1. The summed E-state index contributed by atoms with van der Waals surface area (Å²) in [5.41, 5.74) is 1.44. The molecule has 2 aromatic heterocycles. The van der Waals surface area contributed by atoms with Crippen molar-refractivity contribution in [2.24, 2.45) is 0 Å². The molecule has 1 saturated heterocycles. The molecule has 4 rings (SSSR count). The van der Waals surface area contributed by atoms with Gasteiger partial charge in [0, 0.05) is 39.3 Å². The average molecular weight is 573 g/mol. The van der Waals surface area contributed by atoms with Crippen molar-refractivity contribution >= 4 is 11.9 Å². The van der Waals surface area contributed by atoms with Crippen LogP contribution in [0.2, 0.25) is 0 Å². The van der Waals surface area contributed by atoms with Gasteiger partial charge >= 0.3 is 11.9 Å². The summed E-state index contributed by atoms with van der Waals surface area (Å²) in [6.07, 6.45) is 2.97. The summed E-state index contributed by atoms with van der Waals surface area (Å²) in [4.78, 5) is 35.5. The largest absolute Gasteiger partial charge is 0.477 e. The number of aromatic carboxylic acids is 2. The highest BCUT2D eigenvalue weighted by Gasteiger charge is 2.29. The lowest BCUT2D eigenvalue weighted by Crippen LogP contribution is -2.36. The van der Waals surface area contributed by atoms with Gasteiger partial charge in [0.05, 0.1) is 63.2 Å². The highest BCUT2D eigenvalue weighted by atomic mass is 16.5. The van der Waals surface area contributed by atoms with Crippen molar-refractivity contribution in [3.63, 3.8) is 0 Å². The number of ether oxygens (including phenoxy) is 4. The molecule has 1 aliphatic heterocycles. The van der Waals surface area contributed by atoms with Gasteiger partial charge in [-0.3, -0.25) is 9.80 Å². The van der Waals surface area contributed by atoms with Gasteiger partial charge in [-0.15, -0.1) is 0 Å². The van der Waals surface area contributed by atoms with Gasteiger partial charge in [0.25, 0.3) is 0 Å². The van der Waals surface area contributed by atoms with E-state index in [2.05, 4.69) is 19.8 Å². The van der Waals surface area contributed by atoms with Gasteiger partial charge in [0.1, 0.15) is 11.4 Å². The Hall–Kier alpha value is -3.00. The Labute approximate surface area is 240 Å². The van der Waals surface area contributed by atoms with E-state index in [4.69, 9.17) is 18.9 Å². The molecular formula is C29H40N4O8. The van der Waals surface area contributed by atoms with Crippen molar-refractivity contribution in [2.75, 3.05) is 65.8 Å². The Morgan fingerprint density at radius 1 is 0.683 bits per heavy atom. The molecule has 0 unspecified atom stereocenters. The van der Waals surface area contributed by atoms with E-state index in [1.165, 1.54) is 12.1 Å². The van der Waals surface area contributed by atoms with Crippen LogP contribution in [-0.4, -0.2) is 120 Å². The molecule has 2 atom stereocenters. The van der Waals surface area contributed by atoms with Crippen LogP contribution in [0.1, 0.15) is 51.6 Å². The quantitative estimate of drug-likeness (QED) is 0.524. The highest BCUT2D eigenvalue weighted by molar-refractivity contribution is 5.85. The van der Waals surface area contributed by atoms with Crippen molar-refractivity contribution in [1.82, 2.24) is 19.8 Å². The third kappa shape index (κ3) is 10.4. The SMILES string of the molecule is O=C(O)c1cccc(CN2CCOCCOCCN(Cc3cccc(C(=O)O)n3)CCO[C@@H]3CCC[C@H]3OCC2)n1. The minimum atomic E-state index is -1.04. The van der Waals surface area contributed by atoms with Crippen LogP contribution < -0.4 is 0 Å². The van der Waals surface area contributed by atoms with Crippen LogP contribution in [0.25, 0.3) is 0 Å². The lowest BCUT2D eigenvalue weighted by atomic mass is 10.2. The van der Waals surface area contributed by atoms with Gasteiger partial charge in [-0.25, -0.2) is 19.6 Å². The first-order chi connectivity index (χ1) is 20.0. The Morgan fingerprint density at radius 3 is 1.56 bits per heavy atom. The van der Waals surface area contributed by atoms with Crippen molar-refractivity contribution in [2.45, 2.75) is 44.6 Å². The number of carboxylic acids is 2. The molecule has 1 aliphatic carbocycles. The smallest absolute Gasteiger partial charge is 0.354 e. The van der Waals surface area contributed by atoms with Crippen LogP contribution in [-0.2, 0) is 32.0 Å². The molecule has 12 nitrogen and oxygen atoms in total. The van der Waals surface area contributed by atoms with Gasteiger partial charge in [-0.05, 0) is 43.5 Å². The first kappa shape index (κ1) is 30.9. The molecule has 2 aromatic rings. The van der Waals surface area contributed by atoms with E-state index >= 15 is 0 Å². The van der Waals surface area contributed by atoms with Gasteiger partial charge in [0.15, 0.2) is 0 Å². The second-order valence-electron chi connectivity index (χ2n) is 10.2. The standard InChI is InChI=1S/C29H40N4O8/c34-28(35)24-6-1-4-22(30-24)20-32-10-14-38-18-19-39-15-11-33(21-23-5-2-7-25(31-23)29(36)37)13-17-41-27-9-3-8-26(27)40-16-12-32/h1-2,4-7,26-27H,3,8-21H2,(H,34,35)(H,36,37)/t26-,27-/m1/s1. The van der Waals surface area contributed by atoms with E-state index in [1.54, 1.807) is 12.1 Å². The third-order valence-electron chi connectivity index (χ3n) is 7.17. The van der Waals surface area contributed by atoms with Gasteiger partial charge < -0.3 is 29.2 Å². The predicted molar refractivity (Wildman–Crippen MR) is 148 cm³/mol. The number of carbonyl (C=O) groups is 2. The Balaban J connectivity index is 1.34. The van der Waals surface area contributed by atoms with E-state index in [-0.39, 0.29) is 23.6 Å². The number of pyridine rings is 2. The van der Waals surface area contributed by atoms with Crippen molar-refractivity contribution in [3.8, 4) is 0 Å². The molecule has 3 heterocycles. The topological polar surface area (TPSA) is 144 Å². The normalized spacial score (nSPS) is 22.8. The zero-order valence-corrected chi connectivity index (χ0v) is 23.4. The average Bonchev–Trinajstić information content (AvgIpc) is 3.41. The fourth-order valence-corrected chi connectivity index (χ4v) is 5.02. The summed E-state index contributed by atoms with van der Waals surface area (Å²) in [6.45, 7) is 6.50. The minimum absolute atomic E-state index is 0.0196. The first-order valence-corrected chi connectivity index (χ1v) is 14.2. The molecule has 12 heteroatoms. The van der Waals surface area contributed by atoms with Gasteiger partial charge in [-0.2, -0.15) is 0 Å². The number of hydrogen-bond acceptors (Lipinski definition) is 10. The predicted octanol–water partition coefficient (Wildman–Crippen LogP) is 2.18. The Morgan fingerprint density at radius 2 is 1.12 bits per heavy atom. The van der Waals surface area contributed by atoms with Crippen LogP contribution in [0.4, 0.5) is 0 Å². The molecule has 0 radical (unpaired) electrons. The fraction of sp³-hybridized carbons (Fsp3) is 0.586. The Bertz CT molecular complexity index is 1030. The van der Waals surface area contributed by atoms with Crippen molar-refractivity contribution in [3.05, 3.63) is 59.2 Å². The van der Waals surface area contributed by atoms with Gasteiger partial charge in [0.2, 0.25) is 0 Å². The summed E-state index contributed by atoms with van der Waals surface area (Å²) < 4.78 is 24.2. The summed E-state index contributed by atoms with van der Waals surface area (Å²) in [5.74, 6) is -2.09. The van der Waals surface area contributed by atoms with Crippen LogP contribution >= 0.6 is 0 Å². The van der Waals surface area contributed by atoms with Crippen LogP contribution in [0, 0.1) is 0 Å². The number of fused-ring (bicyclic) bond motifs is 1. The van der Waals surface area contributed by atoms with E-state index in [0.29, 0.717) is 90.3 Å². The number of rotatable bonds is 6. The van der Waals surface area contributed by atoms with Crippen molar-refractivity contribution in [1.29, 1.82) is 0 Å².